The Balaban J connectivity index is 2.54. The van der Waals surface area contributed by atoms with Crippen molar-refractivity contribution in [1.82, 2.24) is 5.32 Å². The van der Waals surface area contributed by atoms with Gasteiger partial charge in [-0.2, -0.15) is 0 Å². The number of hydrogen-bond acceptors (Lipinski definition) is 2. The van der Waals surface area contributed by atoms with Gasteiger partial charge in [0.15, 0.2) is 0 Å². The highest BCUT2D eigenvalue weighted by molar-refractivity contribution is 4.96. The third-order valence-electron chi connectivity index (χ3n) is 3.43. The van der Waals surface area contributed by atoms with E-state index in [0.29, 0.717) is 12.5 Å². The van der Waals surface area contributed by atoms with E-state index in [-0.39, 0.29) is 12.1 Å². The molecule has 0 saturated heterocycles. The molecule has 0 aromatic heterocycles. The second-order valence-corrected chi connectivity index (χ2v) is 4.28. The average Bonchev–Trinajstić information content (AvgIpc) is 2.17. The van der Waals surface area contributed by atoms with Crippen LogP contribution in [0.2, 0.25) is 0 Å². The number of hydrogen-bond donors (Lipinski definition) is 2. The van der Waals surface area contributed by atoms with Crippen LogP contribution in [0.3, 0.4) is 0 Å². The molecule has 0 aliphatic heterocycles. The monoisotopic (exact) mass is 206 g/mol. The van der Waals surface area contributed by atoms with Gasteiger partial charge in [0.25, 0.3) is 6.43 Å². The lowest BCUT2D eigenvalue weighted by molar-refractivity contribution is 0.0983. The molecule has 4 heteroatoms. The normalized spacial score (nSPS) is 33.6. The van der Waals surface area contributed by atoms with Crippen molar-refractivity contribution in [2.45, 2.75) is 44.6 Å². The quantitative estimate of drug-likeness (QED) is 0.735. The summed E-state index contributed by atoms with van der Waals surface area (Å²) in [7, 11) is 0. The fraction of sp³-hybridized carbons (Fsp3) is 1.00. The number of alkyl halides is 2. The van der Waals surface area contributed by atoms with E-state index in [1.54, 1.807) is 0 Å². The highest BCUT2D eigenvalue weighted by atomic mass is 19.3. The summed E-state index contributed by atoms with van der Waals surface area (Å²) >= 11 is 0. The first-order chi connectivity index (χ1) is 6.60. The molecule has 2 nitrogen and oxygen atoms in total. The van der Waals surface area contributed by atoms with E-state index in [1.807, 2.05) is 0 Å². The minimum atomic E-state index is -2.28. The van der Waals surface area contributed by atoms with E-state index in [9.17, 15) is 8.78 Å². The van der Waals surface area contributed by atoms with E-state index in [2.05, 4.69) is 12.2 Å². The SMILES string of the molecule is CC1CCCCC1(CN)NCC(F)F. The molecule has 0 radical (unpaired) electrons. The van der Waals surface area contributed by atoms with Crippen LogP contribution in [0.15, 0.2) is 0 Å². The number of halogens is 2. The van der Waals surface area contributed by atoms with Crippen molar-refractivity contribution in [1.29, 1.82) is 0 Å². The molecule has 0 aromatic carbocycles. The Morgan fingerprint density at radius 2 is 2.21 bits per heavy atom. The number of nitrogens with two attached hydrogens (primary N) is 1. The zero-order chi connectivity index (χ0) is 10.6. The van der Waals surface area contributed by atoms with Crippen LogP contribution < -0.4 is 11.1 Å². The summed E-state index contributed by atoms with van der Waals surface area (Å²) in [5.74, 6) is 0.403. The average molecular weight is 206 g/mol. The van der Waals surface area contributed by atoms with Crippen LogP contribution in [0.4, 0.5) is 8.78 Å². The third-order valence-corrected chi connectivity index (χ3v) is 3.43. The molecule has 3 N–H and O–H groups in total. The molecule has 1 aliphatic carbocycles. The highest BCUT2D eigenvalue weighted by Crippen LogP contribution is 2.32. The summed E-state index contributed by atoms with van der Waals surface area (Å²) in [4.78, 5) is 0. The minimum absolute atomic E-state index is 0.235. The molecule has 0 heterocycles. The Labute approximate surface area is 84.2 Å². The van der Waals surface area contributed by atoms with Gasteiger partial charge in [0.2, 0.25) is 0 Å². The Kier molecular flexibility index (Phi) is 4.26. The molecule has 1 saturated carbocycles. The first-order valence-corrected chi connectivity index (χ1v) is 5.34. The van der Waals surface area contributed by atoms with Crippen molar-refractivity contribution in [2.24, 2.45) is 11.7 Å². The maximum absolute atomic E-state index is 12.1. The molecule has 0 bridgehead atoms. The largest absolute Gasteiger partial charge is 0.329 e. The van der Waals surface area contributed by atoms with Gasteiger partial charge < -0.3 is 11.1 Å². The van der Waals surface area contributed by atoms with E-state index in [4.69, 9.17) is 5.73 Å². The second kappa shape index (κ2) is 5.03. The maximum atomic E-state index is 12.1. The fourth-order valence-corrected chi connectivity index (χ4v) is 2.33. The molecular formula is C10H20F2N2. The molecule has 0 aromatic rings. The van der Waals surface area contributed by atoms with Gasteiger partial charge in [0.1, 0.15) is 0 Å². The van der Waals surface area contributed by atoms with Crippen molar-refractivity contribution < 1.29 is 8.78 Å². The Morgan fingerprint density at radius 3 is 2.71 bits per heavy atom. The van der Waals surface area contributed by atoms with Gasteiger partial charge in [-0.1, -0.05) is 19.8 Å². The van der Waals surface area contributed by atoms with Crippen LogP contribution in [0.5, 0.6) is 0 Å². The molecule has 14 heavy (non-hydrogen) atoms. The lowest BCUT2D eigenvalue weighted by Gasteiger charge is -2.42. The molecule has 1 rings (SSSR count). The Hall–Kier alpha value is -0.220. The number of nitrogens with one attached hydrogen (secondary N) is 1. The molecule has 2 atom stereocenters. The summed E-state index contributed by atoms with van der Waals surface area (Å²) in [6, 6.07) is 0. The van der Waals surface area contributed by atoms with Crippen molar-refractivity contribution in [3.63, 3.8) is 0 Å². The van der Waals surface area contributed by atoms with Crippen LogP contribution >= 0.6 is 0 Å². The molecule has 1 fully saturated rings. The highest BCUT2D eigenvalue weighted by Gasteiger charge is 2.36. The van der Waals surface area contributed by atoms with Crippen LogP contribution in [0.1, 0.15) is 32.6 Å². The van der Waals surface area contributed by atoms with Gasteiger partial charge in [0.05, 0.1) is 6.54 Å². The summed E-state index contributed by atoms with van der Waals surface area (Å²) in [6.07, 6.45) is 2.02. The lowest BCUT2D eigenvalue weighted by atomic mass is 9.73. The predicted molar refractivity (Wildman–Crippen MR) is 53.4 cm³/mol. The zero-order valence-electron chi connectivity index (χ0n) is 8.73. The van der Waals surface area contributed by atoms with Crippen LogP contribution in [0.25, 0.3) is 0 Å². The topological polar surface area (TPSA) is 38.0 Å². The van der Waals surface area contributed by atoms with Crippen LogP contribution in [-0.4, -0.2) is 25.1 Å². The van der Waals surface area contributed by atoms with Crippen molar-refractivity contribution in [3.05, 3.63) is 0 Å². The Morgan fingerprint density at radius 1 is 1.50 bits per heavy atom. The molecule has 0 amide bonds. The van der Waals surface area contributed by atoms with Crippen molar-refractivity contribution in [3.8, 4) is 0 Å². The van der Waals surface area contributed by atoms with Crippen molar-refractivity contribution >= 4 is 0 Å². The van der Waals surface area contributed by atoms with Crippen LogP contribution in [0, 0.1) is 5.92 Å². The summed E-state index contributed by atoms with van der Waals surface area (Å²) in [5, 5.41) is 2.96. The summed E-state index contributed by atoms with van der Waals surface area (Å²) in [5.41, 5.74) is 5.47. The van der Waals surface area contributed by atoms with Gasteiger partial charge in [-0.15, -0.1) is 0 Å². The van der Waals surface area contributed by atoms with Crippen molar-refractivity contribution in [2.75, 3.05) is 13.1 Å². The third kappa shape index (κ3) is 2.64. The maximum Gasteiger partial charge on any atom is 0.250 e. The standard InChI is InChI=1S/C10H20F2N2/c1-8-4-2-3-5-10(8,7-13)14-6-9(11)12/h8-9,14H,2-7,13H2,1H3. The van der Waals surface area contributed by atoms with E-state index in [0.717, 1.165) is 19.3 Å². The zero-order valence-corrected chi connectivity index (χ0v) is 8.73. The van der Waals surface area contributed by atoms with Crippen LogP contribution in [-0.2, 0) is 0 Å². The second-order valence-electron chi connectivity index (χ2n) is 4.28. The smallest absolute Gasteiger partial charge is 0.250 e. The summed E-state index contributed by atoms with van der Waals surface area (Å²) in [6.45, 7) is 2.33. The van der Waals surface area contributed by atoms with Gasteiger partial charge in [-0.05, 0) is 18.8 Å². The van der Waals surface area contributed by atoms with E-state index >= 15 is 0 Å². The van der Waals surface area contributed by atoms with E-state index < -0.39 is 6.43 Å². The first kappa shape index (κ1) is 11.9. The van der Waals surface area contributed by atoms with E-state index in [1.165, 1.54) is 6.42 Å². The first-order valence-electron chi connectivity index (χ1n) is 5.34. The molecule has 0 spiro atoms. The number of rotatable bonds is 4. The molecule has 1 aliphatic rings. The molecule has 2 unspecified atom stereocenters. The summed E-state index contributed by atoms with van der Waals surface area (Å²) < 4.78 is 24.2. The van der Waals surface area contributed by atoms with Gasteiger partial charge >= 0.3 is 0 Å². The van der Waals surface area contributed by atoms with Gasteiger partial charge in [-0.3, -0.25) is 0 Å². The lowest BCUT2D eigenvalue weighted by Crippen LogP contribution is -2.58. The van der Waals surface area contributed by atoms with Gasteiger partial charge in [0, 0.05) is 12.1 Å². The fourth-order valence-electron chi connectivity index (χ4n) is 2.33. The molecule has 84 valence electrons. The predicted octanol–water partition coefficient (Wildman–Crippen LogP) is 1.75. The minimum Gasteiger partial charge on any atom is -0.329 e. The van der Waals surface area contributed by atoms with Gasteiger partial charge in [-0.25, -0.2) is 8.78 Å². The Bertz CT molecular complexity index is 176. The molecular weight excluding hydrogens is 186 g/mol.